The van der Waals surface area contributed by atoms with E-state index in [2.05, 4.69) is 0 Å². The monoisotopic (exact) mass is 388 g/mol. The zero-order valence-corrected chi connectivity index (χ0v) is 12.6. The number of hydrogen-bond donors (Lipinski definition) is 0. The van der Waals surface area contributed by atoms with Gasteiger partial charge in [-0.15, -0.1) is 0 Å². The SMILES string of the molecule is BOCCCOCC[CH2][W][O]CCOC. The molecule has 0 atom stereocenters. The fourth-order valence-corrected chi connectivity index (χ4v) is 2.80. The van der Waals surface area contributed by atoms with Crippen LogP contribution in [0.4, 0.5) is 0 Å². The predicted molar refractivity (Wildman–Crippen MR) is 57.2 cm³/mol. The van der Waals surface area contributed by atoms with E-state index in [1.165, 1.54) is 4.81 Å². The van der Waals surface area contributed by atoms with E-state index in [1.54, 1.807) is 15.2 Å². The van der Waals surface area contributed by atoms with E-state index in [9.17, 15) is 0 Å². The van der Waals surface area contributed by atoms with E-state index < -0.39 is 18.9 Å². The van der Waals surface area contributed by atoms with Crippen molar-refractivity contribution in [3.05, 3.63) is 0 Å². The topological polar surface area (TPSA) is 36.9 Å². The van der Waals surface area contributed by atoms with Crippen LogP contribution in [-0.2, 0) is 36.5 Å². The van der Waals surface area contributed by atoms with Gasteiger partial charge in [0.1, 0.15) is 0 Å². The van der Waals surface area contributed by atoms with Gasteiger partial charge in [0, 0.05) is 0 Å². The maximum absolute atomic E-state index is 5.49. The minimum absolute atomic E-state index is 0.564. The first-order chi connectivity index (χ1) is 7.41. The van der Waals surface area contributed by atoms with Gasteiger partial charge in [-0.1, -0.05) is 0 Å². The van der Waals surface area contributed by atoms with Crippen LogP contribution in [0.15, 0.2) is 0 Å². The third-order valence-electron chi connectivity index (χ3n) is 1.61. The van der Waals surface area contributed by atoms with Gasteiger partial charge in [0.2, 0.25) is 0 Å². The van der Waals surface area contributed by atoms with Gasteiger partial charge in [-0.05, 0) is 0 Å². The molecule has 0 bridgehead atoms. The normalized spacial score (nSPS) is 10.7. The molecule has 0 radical (unpaired) electrons. The third-order valence-corrected chi connectivity index (χ3v) is 4.44. The van der Waals surface area contributed by atoms with E-state index in [-0.39, 0.29) is 0 Å². The number of methoxy groups -OCH3 is 1. The molecular weight excluding hydrogens is 367 g/mol. The van der Waals surface area contributed by atoms with Gasteiger partial charge in [0.25, 0.3) is 0 Å². The summed E-state index contributed by atoms with van der Waals surface area (Å²) in [6.45, 7) is 3.93. The first kappa shape index (κ1) is 15.6. The second-order valence-electron chi connectivity index (χ2n) is 2.95. The molecule has 0 heterocycles. The van der Waals surface area contributed by atoms with Crippen LogP contribution in [0, 0.1) is 0 Å². The van der Waals surface area contributed by atoms with Gasteiger partial charge in [-0.3, -0.25) is 0 Å². The van der Waals surface area contributed by atoms with Crippen LogP contribution in [-0.4, -0.2) is 48.2 Å². The molecule has 0 saturated heterocycles. The van der Waals surface area contributed by atoms with Crippen molar-refractivity contribution in [1.82, 2.24) is 0 Å². The van der Waals surface area contributed by atoms with Crippen molar-refractivity contribution in [3.8, 4) is 0 Å². The van der Waals surface area contributed by atoms with Gasteiger partial charge in [0.15, 0.2) is 0 Å². The molecule has 0 saturated carbocycles. The quantitative estimate of drug-likeness (QED) is 0.359. The molecular formula is C9H21BO4W. The Labute approximate surface area is 102 Å². The zero-order valence-electron chi connectivity index (χ0n) is 9.70. The number of hydrogen-bond acceptors (Lipinski definition) is 4. The summed E-state index contributed by atoms with van der Waals surface area (Å²) in [5.41, 5.74) is 0. The van der Waals surface area contributed by atoms with Crippen LogP contribution >= 0.6 is 0 Å². The van der Waals surface area contributed by atoms with Crippen molar-refractivity contribution in [3.63, 3.8) is 0 Å². The van der Waals surface area contributed by atoms with E-state index in [0.717, 1.165) is 39.3 Å². The molecule has 0 aromatic rings. The Morgan fingerprint density at radius 2 is 1.80 bits per heavy atom. The average molecular weight is 388 g/mol. The molecule has 0 amide bonds. The Balaban J connectivity index is 2.81. The summed E-state index contributed by atoms with van der Waals surface area (Å²) in [5.74, 6) is 0. The van der Waals surface area contributed by atoms with Crippen molar-refractivity contribution in [2.45, 2.75) is 17.7 Å². The van der Waals surface area contributed by atoms with Gasteiger partial charge in [-0.2, -0.15) is 0 Å². The summed E-state index contributed by atoms with van der Waals surface area (Å²) in [6.07, 6.45) is 2.12. The molecule has 0 unspecified atom stereocenters. The van der Waals surface area contributed by atoms with Crippen molar-refractivity contribution in [2.75, 3.05) is 40.1 Å². The van der Waals surface area contributed by atoms with Crippen LogP contribution in [0.5, 0.6) is 0 Å². The van der Waals surface area contributed by atoms with Crippen molar-refractivity contribution < 1.29 is 36.5 Å². The summed E-state index contributed by atoms with van der Waals surface area (Å²) < 4.78 is 20.7. The third kappa shape index (κ3) is 14.6. The molecule has 0 fully saturated rings. The minimum atomic E-state index is -0.564. The Kier molecular flexibility index (Phi) is 15.2. The Morgan fingerprint density at radius 3 is 2.53 bits per heavy atom. The Hall–Kier alpha value is 0.593. The fourth-order valence-electron chi connectivity index (χ4n) is 0.863. The molecule has 0 N–H and O–H groups in total. The molecule has 0 aliphatic heterocycles. The van der Waals surface area contributed by atoms with Gasteiger partial charge < -0.3 is 0 Å². The van der Waals surface area contributed by atoms with E-state index in [4.69, 9.17) is 17.5 Å². The van der Waals surface area contributed by atoms with Crippen molar-refractivity contribution >= 4 is 8.05 Å². The maximum atomic E-state index is 5.49. The van der Waals surface area contributed by atoms with Gasteiger partial charge in [-0.25, -0.2) is 0 Å². The van der Waals surface area contributed by atoms with Crippen molar-refractivity contribution in [1.29, 1.82) is 0 Å². The van der Waals surface area contributed by atoms with Gasteiger partial charge >= 0.3 is 102 Å². The molecule has 15 heavy (non-hydrogen) atoms. The standard InChI is InChI=1S/C6H14BO2.C3H7O2.W/c1-2-4-8-5-3-6-9-7;1-5-3-2-4;/h1-7H2;2-3H2,1H3;/q;-1;+1. The molecule has 6 heteroatoms. The van der Waals surface area contributed by atoms with E-state index in [0.29, 0.717) is 6.61 Å². The van der Waals surface area contributed by atoms with Crippen LogP contribution in [0.1, 0.15) is 12.8 Å². The predicted octanol–water partition coefficient (Wildman–Crippen LogP) is 0.427. The number of rotatable bonds is 12. The summed E-state index contributed by atoms with van der Waals surface area (Å²) in [4.78, 5) is 1.22. The molecule has 0 aromatic heterocycles. The molecule has 0 rings (SSSR count). The molecule has 4 nitrogen and oxygen atoms in total. The summed E-state index contributed by atoms with van der Waals surface area (Å²) in [6, 6.07) is 0. The van der Waals surface area contributed by atoms with Crippen LogP contribution < -0.4 is 0 Å². The molecule has 0 aliphatic rings. The molecule has 0 spiro atoms. The second kappa shape index (κ2) is 14.6. The van der Waals surface area contributed by atoms with Crippen LogP contribution in [0.25, 0.3) is 0 Å². The fraction of sp³-hybridized carbons (Fsp3) is 1.00. The Morgan fingerprint density at radius 1 is 1.00 bits per heavy atom. The molecule has 90 valence electrons. The summed E-state index contributed by atoms with van der Waals surface area (Å²) >= 11 is -0.564. The molecule has 0 aliphatic carbocycles. The van der Waals surface area contributed by atoms with Crippen molar-refractivity contribution in [2.24, 2.45) is 0 Å². The zero-order chi connectivity index (χ0) is 11.2. The number of ether oxygens (including phenoxy) is 2. The summed E-state index contributed by atoms with van der Waals surface area (Å²) in [7, 11) is 3.41. The van der Waals surface area contributed by atoms with Gasteiger partial charge in [0.05, 0.1) is 0 Å². The van der Waals surface area contributed by atoms with E-state index in [1.807, 2.05) is 0 Å². The van der Waals surface area contributed by atoms with Crippen LogP contribution in [0.3, 0.4) is 0 Å². The molecule has 0 aromatic carbocycles. The average Bonchev–Trinajstić information content (AvgIpc) is 2.26. The first-order valence-electron chi connectivity index (χ1n) is 5.22. The Bertz CT molecular complexity index is 106. The first-order valence-corrected chi connectivity index (χ1v) is 8.49. The summed E-state index contributed by atoms with van der Waals surface area (Å²) in [5, 5.41) is 0. The van der Waals surface area contributed by atoms with Crippen LogP contribution in [0.2, 0.25) is 4.81 Å². The van der Waals surface area contributed by atoms with E-state index >= 15 is 0 Å². The second-order valence-corrected chi connectivity index (χ2v) is 6.11.